The van der Waals surface area contributed by atoms with Gasteiger partial charge in [-0.05, 0) is 70.7 Å². The summed E-state index contributed by atoms with van der Waals surface area (Å²) in [5.74, 6) is -7.58. The molecule has 0 saturated carbocycles. The van der Waals surface area contributed by atoms with Crippen LogP contribution in [0.15, 0.2) is 115 Å². The van der Waals surface area contributed by atoms with Crippen molar-refractivity contribution in [3.8, 4) is 0 Å². The standard InChI is InChI=1S/C44H55F2O8P/c1-9-51-38(47)44(45,46)37-27-25-36(26-28-37)42(8,32-50-30-34-21-15-11-16-22-34)43(29-33-19-13-10-14-20-33,52-31-35-23-17-12-18-24-35)39(48)55(49,53-40(2,3)4)54-41(5,6)7/h10-28,39,48H,9,29-32H2,1-8H3. The molecule has 3 atom stereocenters. The van der Waals surface area contributed by atoms with Crippen LogP contribution in [0.2, 0.25) is 0 Å². The van der Waals surface area contributed by atoms with Crippen molar-refractivity contribution < 1.29 is 46.5 Å². The normalized spacial score (nSPS) is 15.5. The maximum absolute atomic E-state index is 15.5. The molecule has 0 aliphatic rings. The van der Waals surface area contributed by atoms with Crippen LogP contribution in [0.25, 0.3) is 0 Å². The molecule has 0 aliphatic carbocycles. The first-order valence-electron chi connectivity index (χ1n) is 18.4. The van der Waals surface area contributed by atoms with Crippen LogP contribution in [-0.4, -0.2) is 46.9 Å². The molecule has 0 bridgehead atoms. The smallest absolute Gasteiger partial charge is 0.381 e. The minimum absolute atomic E-state index is 0.0429. The molecule has 55 heavy (non-hydrogen) atoms. The number of hydrogen-bond acceptors (Lipinski definition) is 8. The van der Waals surface area contributed by atoms with Crippen LogP contribution < -0.4 is 0 Å². The third-order valence-electron chi connectivity index (χ3n) is 9.02. The number of carbonyl (C=O) groups is 1. The van der Waals surface area contributed by atoms with Crippen molar-refractivity contribution in [2.24, 2.45) is 0 Å². The second-order valence-electron chi connectivity index (χ2n) is 15.8. The Kier molecular flexibility index (Phi) is 14.4. The summed E-state index contributed by atoms with van der Waals surface area (Å²) in [6.07, 6.45) is -0.0429. The Hall–Kier alpha value is -3.76. The Labute approximate surface area is 324 Å². The van der Waals surface area contributed by atoms with Crippen molar-refractivity contribution in [2.45, 2.75) is 109 Å². The van der Waals surface area contributed by atoms with Gasteiger partial charge >= 0.3 is 19.5 Å². The van der Waals surface area contributed by atoms with Crippen molar-refractivity contribution in [3.05, 3.63) is 143 Å². The predicted molar refractivity (Wildman–Crippen MR) is 210 cm³/mol. The van der Waals surface area contributed by atoms with E-state index >= 15 is 13.3 Å². The van der Waals surface area contributed by atoms with Gasteiger partial charge in [-0.15, -0.1) is 0 Å². The van der Waals surface area contributed by atoms with E-state index in [9.17, 15) is 9.90 Å². The number of ether oxygens (including phenoxy) is 3. The van der Waals surface area contributed by atoms with E-state index < -0.39 is 53.1 Å². The summed E-state index contributed by atoms with van der Waals surface area (Å²) in [6, 6.07) is 33.3. The monoisotopic (exact) mass is 780 g/mol. The third-order valence-corrected chi connectivity index (χ3v) is 11.6. The first-order chi connectivity index (χ1) is 25.7. The molecule has 11 heteroatoms. The summed E-state index contributed by atoms with van der Waals surface area (Å²) >= 11 is 0. The molecule has 4 aromatic rings. The molecule has 298 valence electrons. The zero-order valence-electron chi connectivity index (χ0n) is 33.1. The molecule has 4 rings (SSSR count). The lowest BCUT2D eigenvalue weighted by Gasteiger charge is -2.53. The van der Waals surface area contributed by atoms with Crippen LogP contribution in [0.5, 0.6) is 0 Å². The quantitative estimate of drug-likeness (QED) is 0.0787. The molecule has 0 amide bonds. The Bertz CT molecular complexity index is 1820. The van der Waals surface area contributed by atoms with Gasteiger partial charge in [-0.3, -0.25) is 4.57 Å². The molecule has 0 heterocycles. The molecule has 0 saturated heterocycles. The van der Waals surface area contributed by atoms with E-state index in [1.807, 2.05) is 91.0 Å². The lowest BCUT2D eigenvalue weighted by Crippen LogP contribution is -2.63. The Balaban J connectivity index is 2.05. The fraction of sp³-hybridized carbons (Fsp3) is 0.432. The van der Waals surface area contributed by atoms with Gasteiger partial charge in [0.05, 0.1) is 37.6 Å². The predicted octanol–water partition coefficient (Wildman–Crippen LogP) is 10.2. The lowest BCUT2D eigenvalue weighted by atomic mass is 9.66. The summed E-state index contributed by atoms with van der Waals surface area (Å²) in [6.45, 7) is 13.3. The molecular weight excluding hydrogens is 725 g/mol. The molecule has 0 fully saturated rings. The van der Waals surface area contributed by atoms with Crippen molar-refractivity contribution in [1.82, 2.24) is 0 Å². The van der Waals surface area contributed by atoms with Gasteiger partial charge in [-0.25, -0.2) is 4.79 Å². The van der Waals surface area contributed by atoms with Crippen molar-refractivity contribution in [1.29, 1.82) is 0 Å². The zero-order chi connectivity index (χ0) is 40.5. The van der Waals surface area contributed by atoms with Crippen LogP contribution in [0.1, 0.15) is 83.2 Å². The zero-order valence-corrected chi connectivity index (χ0v) is 34.0. The summed E-state index contributed by atoms with van der Waals surface area (Å²) in [7, 11) is -4.60. The fourth-order valence-electron chi connectivity index (χ4n) is 6.46. The maximum atomic E-state index is 15.5. The fourth-order valence-corrected chi connectivity index (χ4v) is 9.19. The van der Waals surface area contributed by atoms with Crippen molar-refractivity contribution in [2.75, 3.05) is 13.2 Å². The molecule has 4 aromatic carbocycles. The van der Waals surface area contributed by atoms with Crippen LogP contribution in [0.4, 0.5) is 8.78 Å². The number of hydrogen-bond donors (Lipinski definition) is 1. The summed E-state index contributed by atoms with van der Waals surface area (Å²) in [4.78, 5) is 12.3. The first kappa shape index (κ1) is 44.0. The molecule has 8 nitrogen and oxygen atoms in total. The van der Waals surface area contributed by atoms with E-state index in [0.717, 1.165) is 23.3 Å². The summed E-state index contributed by atoms with van der Waals surface area (Å²) < 4.78 is 77.0. The molecular formula is C44H55F2O8P. The number of alkyl halides is 2. The van der Waals surface area contributed by atoms with Crippen molar-refractivity contribution >= 4 is 13.6 Å². The number of aliphatic hydroxyl groups is 1. The minimum atomic E-state index is -4.60. The minimum Gasteiger partial charge on any atom is -0.461 e. The average Bonchev–Trinajstić information content (AvgIpc) is 3.13. The number of carbonyl (C=O) groups excluding carboxylic acids is 1. The Morgan fingerprint density at radius 1 is 0.673 bits per heavy atom. The second kappa shape index (κ2) is 18.0. The summed E-state index contributed by atoms with van der Waals surface area (Å²) in [5.41, 5.74) is -3.35. The largest absolute Gasteiger partial charge is 0.461 e. The van der Waals surface area contributed by atoms with Gasteiger partial charge in [0.15, 0.2) is 5.85 Å². The van der Waals surface area contributed by atoms with Crippen LogP contribution in [0.3, 0.4) is 0 Å². The van der Waals surface area contributed by atoms with Gasteiger partial charge in [0.2, 0.25) is 0 Å². The highest BCUT2D eigenvalue weighted by atomic mass is 31.2. The van der Waals surface area contributed by atoms with Gasteiger partial charge in [0, 0.05) is 17.4 Å². The maximum Gasteiger partial charge on any atom is 0.381 e. The Morgan fingerprint density at radius 2 is 1.11 bits per heavy atom. The van der Waals surface area contributed by atoms with E-state index in [0.29, 0.717) is 11.1 Å². The van der Waals surface area contributed by atoms with E-state index in [4.69, 9.17) is 18.5 Å². The van der Waals surface area contributed by atoms with E-state index in [2.05, 4.69) is 4.74 Å². The van der Waals surface area contributed by atoms with Gasteiger partial charge in [0.25, 0.3) is 0 Å². The van der Waals surface area contributed by atoms with E-state index in [1.54, 1.807) is 48.5 Å². The van der Waals surface area contributed by atoms with Gasteiger partial charge in [-0.2, -0.15) is 8.78 Å². The van der Waals surface area contributed by atoms with Crippen LogP contribution in [0, 0.1) is 0 Å². The molecule has 0 radical (unpaired) electrons. The Morgan fingerprint density at radius 3 is 1.56 bits per heavy atom. The lowest BCUT2D eigenvalue weighted by molar-refractivity contribution is -0.174. The van der Waals surface area contributed by atoms with Gasteiger partial charge in [0.1, 0.15) is 5.60 Å². The first-order valence-corrected chi connectivity index (χ1v) is 20.0. The van der Waals surface area contributed by atoms with Crippen LogP contribution >= 0.6 is 7.60 Å². The molecule has 1 N–H and O–H groups in total. The second-order valence-corrected chi connectivity index (χ2v) is 17.8. The third kappa shape index (κ3) is 11.2. The highest BCUT2D eigenvalue weighted by molar-refractivity contribution is 7.54. The highest BCUT2D eigenvalue weighted by Gasteiger charge is 2.63. The highest BCUT2D eigenvalue weighted by Crippen LogP contribution is 2.64. The molecule has 0 aliphatic heterocycles. The number of rotatable bonds is 18. The summed E-state index contributed by atoms with van der Waals surface area (Å²) in [5, 5.41) is 13.1. The number of aliphatic hydroxyl groups excluding tert-OH is 1. The molecule has 3 unspecified atom stereocenters. The number of halogens is 2. The van der Waals surface area contributed by atoms with Crippen LogP contribution in [-0.2, 0) is 63.6 Å². The molecule has 0 spiro atoms. The van der Waals surface area contributed by atoms with E-state index in [1.165, 1.54) is 19.1 Å². The van der Waals surface area contributed by atoms with Gasteiger partial charge < -0.3 is 28.4 Å². The van der Waals surface area contributed by atoms with Crippen molar-refractivity contribution in [3.63, 3.8) is 0 Å². The number of esters is 1. The number of benzene rings is 4. The van der Waals surface area contributed by atoms with E-state index in [-0.39, 0.29) is 32.8 Å². The SMILES string of the molecule is CCOC(=O)C(F)(F)c1ccc(C(C)(COCc2ccccc2)C(Cc2ccccc2)(OCc2ccccc2)C(O)P(=O)(OC(C)(C)C)OC(C)(C)C)cc1. The average molecular weight is 781 g/mol. The topological polar surface area (TPSA) is 101 Å². The van der Waals surface area contributed by atoms with Gasteiger partial charge in [-0.1, -0.05) is 122 Å². The molecule has 0 aromatic heterocycles.